The van der Waals surface area contributed by atoms with Crippen LogP contribution in [0, 0.1) is 0 Å². The van der Waals surface area contributed by atoms with Crippen molar-refractivity contribution in [3.8, 4) is 0 Å². The number of carboxylic acid groups (broad SMARTS) is 2. The van der Waals surface area contributed by atoms with Crippen LogP contribution in [-0.2, 0) is 28.8 Å². The molecule has 34 heavy (non-hydrogen) atoms. The SMILES string of the molecule is O=C(O)CCCNCCNCCCCCCCCCCNCC(=O)NC(=O)C(=O)C(=O)C(=O)O. The molecule has 0 heterocycles. The van der Waals surface area contributed by atoms with Crippen molar-refractivity contribution in [3.63, 3.8) is 0 Å². The summed E-state index contributed by atoms with van der Waals surface area (Å²) in [5.74, 6) is -8.82. The zero-order chi connectivity index (χ0) is 25.6. The summed E-state index contributed by atoms with van der Waals surface area (Å²) >= 11 is 0. The Hall–Kier alpha value is -2.70. The Bertz CT molecular complexity index is 669. The molecule has 12 nitrogen and oxygen atoms in total. The number of hydrogen-bond donors (Lipinski definition) is 6. The average molecular weight is 487 g/mol. The lowest BCUT2D eigenvalue weighted by atomic mass is 10.1. The topological polar surface area (TPSA) is 191 Å². The van der Waals surface area contributed by atoms with Gasteiger partial charge in [0.05, 0.1) is 6.54 Å². The highest BCUT2D eigenvalue weighted by molar-refractivity contribution is 6.77. The molecule has 0 aliphatic rings. The Morgan fingerprint density at radius 3 is 1.50 bits per heavy atom. The maximum atomic E-state index is 11.5. The van der Waals surface area contributed by atoms with Crippen molar-refractivity contribution >= 4 is 35.3 Å². The van der Waals surface area contributed by atoms with Crippen LogP contribution in [0.4, 0.5) is 0 Å². The summed E-state index contributed by atoms with van der Waals surface area (Å²) in [7, 11) is 0. The minimum Gasteiger partial charge on any atom is -0.481 e. The van der Waals surface area contributed by atoms with Crippen molar-refractivity contribution in [1.82, 2.24) is 21.3 Å². The number of amides is 2. The fourth-order valence-corrected chi connectivity index (χ4v) is 2.98. The van der Waals surface area contributed by atoms with Gasteiger partial charge in [-0.05, 0) is 38.9 Å². The van der Waals surface area contributed by atoms with Gasteiger partial charge in [-0.2, -0.15) is 0 Å². The third-order valence-corrected chi connectivity index (χ3v) is 4.83. The summed E-state index contributed by atoms with van der Waals surface area (Å²) in [6.45, 7) is 3.76. The van der Waals surface area contributed by atoms with Crippen LogP contribution in [0.1, 0.15) is 64.2 Å². The lowest BCUT2D eigenvalue weighted by Gasteiger charge is -2.07. The highest BCUT2D eigenvalue weighted by atomic mass is 16.4. The van der Waals surface area contributed by atoms with Crippen LogP contribution in [0.5, 0.6) is 0 Å². The molecule has 0 aliphatic heterocycles. The van der Waals surface area contributed by atoms with Gasteiger partial charge in [0.25, 0.3) is 5.78 Å². The Kier molecular flexibility index (Phi) is 19.2. The van der Waals surface area contributed by atoms with E-state index in [-0.39, 0.29) is 13.0 Å². The molecular weight excluding hydrogens is 448 g/mol. The van der Waals surface area contributed by atoms with Gasteiger partial charge in [-0.3, -0.25) is 29.3 Å². The summed E-state index contributed by atoms with van der Waals surface area (Å²) in [4.78, 5) is 65.5. The molecule has 12 heteroatoms. The molecule has 0 saturated carbocycles. The molecule has 2 amide bonds. The number of carbonyl (C=O) groups is 6. The lowest BCUT2D eigenvalue weighted by molar-refractivity contribution is -0.155. The van der Waals surface area contributed by atoms with Gasteiger partial charge < -0.3 is 26.2 Å². The summed E-state index contributed by atoms with van der Waals surface area (Å²) in [5, 5.41) is 28.0. The molecule has 0 rings (SSSR count). The standard InChI is InChI=1S/C22H38N4O8/c27-17(26-21(32)19(30)20(31)22(33)34)16-25-12-8-6-4-2-1-3-5-7-11-23-14-15-24-13-9-10-18(28)29/h23-25H,1-16H2,(H,28,29)(H,33,34)(H,26,27,32). The van der Waals surface area contributed by atoms with Gasteiger partial charge in [0.1, 0.15) is 0 Å². The molecule has 0 aromatic heterocycles. The fraction of sp³-hybridized carbons (Fsp3) is 0.727. The number of aliphatic carboxylic acids is 2. The number of ketones is 2. The molecule has 0 bridgehead atoms. The summed E-state index contributed by atoms with van der Waals surface area (Å²) in [5.41, 5.74) is 0. The van der Waals surface area contributed by atoms with E-state index in [4.69, 9.17) is 10.2 Å². The van der Waals surface area contributed by atoms with Crippen LogP contribution in [-0.4, -0.2) is 84.8 Å². The predicted molar refractivity (Wildman–Crippen MR) is 123 cm³/mol. The molecule has 0 fully saturated rings. The van der Waals surface area contributed by atoms with Crippen LogP contribution in [0.2, 0.25) is 0 Å². The van der Waals surface area contributed by atoms with Gasteiger partial charge in [-0.1, -0.05) is 38.5 Å². The van der Waals surface area contributed by atoms with Crippen molar-refractivity contribution in [2.45, 2.75) is 64.2 Å². The summed E-state index contributed by atoms with van der Waals surface area (Å²) in [6, 6.07) is 0. The van der Waals surface area contributed by atoms with Gasteiger partial charge in [-0.15, -0.1) is 0 Å². The number of carboxylic acids is 2. The highest BCUT2D eigenvalue weighted by Gasteiger charge is 2.29. The zero-order valence-electron chi connectivity index (χ0n) is 19.7. The van der Waals surface area contributed by atoms with Gasteiger partial charge in [0.15, 0.2) is 0 Å². The molecular formula is C22H38N4O8. The van der Waals surface area contributed by atoms with Crippen molar-refractivity contribution in [3.05, 3.63) is 0 Å². The maximum absolute atomic E-state index is 11.5. The number of carbonyl (C=O) groups excluding carboxylic acids is 4. The molecule has 0 radical (unpaired) electrons. The van der Waals surface area contributed by atoms with E-state index in [1.165, 1.54) is 19.3 Å². The van der Waals surface area contributed by atoms with Gasteiger partial charge in [0, 0.05) is 19.5 Å². The van der Waals surface area contributed by atoms with E-state index in [0.717, 1.165) is 58.3 Å². The van der Waals surface area contributed by atoms with Crippen LogP contribution in [0.3, 0.4) is 0 Å². The number of nitrogens with one attached hydrogen (secondary N) is 4. The first-order valence-corrected chi connectivity index (χ1v) is 11.8. The predicted octanol–water partition coefficient (Wildman–Crippen LogP) is -0.394. The second kappa shape index (κ2) is 20.9. The molecule has 0 aromatic carbocycles. The number of rotatable bonds is 23. The molecule has 0 aliphatic carbocycles. The Morgan fingerprint density at radius 2 is 1.00 bits per heavy atom. The smallest absolute Gasteiger partial charge is 0.381 e. The molecule has 0 unspecified atom stereocenters. The summed E-state index contributed by atoms with van der Waals surface area (Å²) in [6.07, 6.45) is 9.59. The minimum absolute atomic E-state index is 0.201. The molecule has 0 saturated heterocycles. The van der Waals surface area contributed by atoms with Gasteiger partial charge in [-0.25, -0.2) is 4.79 Å². The Morgan fingerprint density at radius 1 is 0.529 bits per heavy atom. The number of hydrogen-bond acceptors (Lipinski definition) is 9. The number of unbranched alkanes of at least 4 members (excludes halogenated alkanes) is 7. The zero-order valence-corrected chi connectivity index (χ0v) is 19.7. The maximum Gasteiger partial charge on any atom is 0.381 e. The first-order valence-electron chi connectivity index (χ1n) is 11.8. The van der Waals surface area contributed by atoms with E-state index >= 15 is 0 Å². The molecule has 0 atom stereocenters. The van der Waals surface area contributed by atoms with Crippen LogP contribution in [0.25, 0.3) is 0 Å². The quantitative estimate of drug-likeness (QED) is 0.0626. The third kappa shape index (κ3) is 18.8. The van der Waals surface area contributed by atoms with Crippen LogP contribution < -0.4 is 21.3 Å². The first kappa shape index (κ1) is 31.3. The van der Waals surface area contributed by atoms with Crippen LogP contribution in [0.15, 0.2) is 0 Å². The van der Waals surface area contributed by atoms with E-state index in [1.807, 2.05) is 0 Å². The molecule has 194 valence electrons. The van der Waals surface area contributed by atoms with E-state index < -0.39 is 35.3 Å². The van der Waals surface area contributed by atoms with Crippen molar-refractivity contribution in [2.24, 2.45) is 0 Å². The second-order valence-corrected chi connectivity index (χ2v) is 7.84. The second-order valence-electron chi connectivity index (χ2n) is 7.84. The van der Waals surface area contributed by atoms with E-state index in [9.17, 15) is 28.8 Å². The van der Waals surface area contributed by atoms with Crippen molar-refractivity contribution in [1.29, 1.82) is 0 Å². The molecule has 0 aromatic rings. The summed E-state index contributed by atoms with van der Waals surface area (Å²) < 4.78 is 0. The Balaban J connectivity index is 3.38. The average Bonchev–Trinajstić information content (AvgIpc) is 2.79. The van der Waals surface area contributed by atoms with Crippen molar-refractivity contribution in [2.75, 3.05) is 39.3 Å². The number of imide groups is 1. The van der Waals surface area contributed by atoms with Gasteiger partial charge >= 0.3 is 23.6 Å². The highest BCUT2D eigenvalue weighted by Crippen LogP contribution is 2.08. The lowest BCUT2D eigenvalue weighted by Crippen LogP contribution is -2.44. The van der Waals surface area contributed by atoms with E-state index in [2.05, 4.69) is 16.0 Å². The first-order chi connectivity index (χ1) is 16.3. The number of Topliss-reactive ketones (excluding diaryl/α,β-unsaturated/α-hetero) is 2. The van der Waals surface area contributed by atoms with Crippen molar-refractivity contribution < 1.29 is 39.0 Å². The largest absolute Gasteiger partial charge is 0.481 e. The monoisotopic (exact) mass is 486 g/mol. The minimum atomic E-state index is -2.05. The molecule has 6 N–H and O–H groups in total. The van der Waals surface area contributed by atoms with E-state index in [1.54, 1.807) is 5.32 Å². The normalized spacial score (nSPS) is 10.6. The Labute approximate surface area is 199 Å². The van der Waals surface area contributed by atoms with Gasteiger partial charge in [0.2, 0.25) is 5.91 Å². The molecule has 0 spiro atoms. The van der Waals surface area contributed by atoms with E-state index in [0.29, 0.717) is 13.0 Å². The fourth-order valence-electron chi connectivity index (χ4n) is 2.98. The van der Waals surface area contributed by atoms with Crippen LogP contribution >= 0.6 is 0 Å². The third-order valence-electron chi connectivity index (χ3n) is 4.83.